The molecule has 116 valence electrons. The lowest BCUT2D eigenvalue weighted by atomic mass is 10.0. The van der Waals surface area contributed by atoms with Gasteiger partial charge in [-0.3, -0.25) is 0 Å². The molecule has 0 aliphatic carbocycles. The topological polar surface area (TPSA) is 18.5 Å². The Morgan fingerprint density at radius 2 is 1.32 bits per heavy atom. The Morgan fingerprint density at radius 3 is 1.84 bits per heavy atom. The molecule has 0 heterocycles. The van der Waals surface area contributed by atoms with Gasteiger partial charge in [-0.2, -0.15) is 0 Å². The smallest absolute Gasteiger partial charge is 0.167 e. The van der Waals surface area contributed by atoms with Gasteiger partial charge in [-0.05, 0) is 26.2 Å². The zero-order valence-electron chi connectivity index (χ0n) is 13.8. The van der Waals surface area contributed by atoms with Crippen molar-refractivity contribution in [1.82, 2.24) is 0 Å². The molecule has 0 bridgehead atoms. The molecule has 0 radical (unpaired) electrons. The van der Waals surface area contributed by atoms with Crippen LogP contribution >= 0.6 is 0 Å². The van der Waals surface area contributed by atoms with Crippen LogP contribution in [0.1, 0.15) is 91.9 Å². The summed E-state index contributed by atoms with van der Waals surface area (Å²) in [6.07, 6.45) is 12.5. The molecule has 0 aliphatic rings. The van der Waals surface area contributed by atoms with Gasteiger partial charge in [0.25, 0.3) is 0 Å². The normalized spacial score (nSPS) is 14.5. The van der Waals surface area contributed by atoms with Crippen LogP contribution in [0.25, 0.3) is 0 Å². The molecule has 0 fully saturated rings. The molecule has 0 spiro atoms. The minimum absolute atomic E-state index is 0.311. The van der Waals surface area contributed by atoms with E-state index in [1.54, 1.807) is 0 Å². The molecular formula is C17H36O2. The Hall–Kier alpha value is -0.0800. The van der Waals surface area contributed by atoms with Crippen molar-refractivity contribution >= 4 is 0 Å². The lowest BCUT2D eigenvalue weighted by Gasteiger charge is -2.32. The predicted molar refractivity (Wildman–Crippen MR) is 83.5 cm³/mol. The van der Waals surface area contributed by atoms with E-state index in [2.05, 4.69) is 27.7 Å². The maximum Gasteiger partial charge on any atom is 0.167 e. The molecule has 2 nitrogen and oxygen atoms in total. The summed E-state index contributed by atoms with van der Waals surface area (Å²) < 4.78 is 11.9. The van der Waals surface area contributed by atoms with E-state index in [-0.39, 0.29) is 5.79 Å². The minimum Gasteiger partial charge on any atom is -0.350 e. The van der Waals surface area contributed by atoms with Crippen LogP contribution in [-0.2, 0) is 9.47 Å². The highest BCUT2D eigenvalue weighted by Crippen LogP contribution is 2.26. The second-order valence-electron chi connectivity index (χ2n) is 5.42. The highest BCUT2D eigenvalue weighted by molar-refractivity contribution is 4.68. The van der Waals surface area contributed by atoms with E-state index in [0.29, 0.717) is 0 Å². The third-order valence-electron chi connectivity index (χ3n) is 3.68. The van der Waals surface area contributed by atoms with E-state index < -0.39 is 0 Å². The van der Waals surface area contributed by atoms with Crippen LogP contribution < -0.4 is 0 Å². The first-order valence-electron chi connectivity index (χ1n) is 8.52. The molecule has 0 aliphatic heterocycles. The van der Waals surface area contributed by atoms with E-state index >= 15 is 0 Å². The van der Waals surface area contributed by atoms with Gasteiger partial charge in [0.05, 0.1) is 0 Å². The number of rotatable bonds is 14. The summed E-state index contributed by atoms with van der Waals surface area (Å²) in [4.78, 5) is 0. The van der Waals surface area contributed by atoms with Crippen LogP contribution in [0.5, 0.6) is 0 Å². The number of hydrogen-bond donors (Lipinski definition) is 0. The molecule has 1 unspecified atom stereocenters. The first kappa shape index (κ1) is 18.9. The van der Waals surface area contributed by atoms with Crippen LogP contribution in [0.15, 0.2) is 0 Å². The third-order valence-corrected chi connectivity index (χ3v) is 3.68. The van der Waals surface area contributed by atoms with Crippen molar-refractivity contribution in [2.45, 2.75) is 97.7 Å². The summed E-state index contributed by atoms with van der Waals surface area (Å²) in [6.45, 7) is 10.2. The van der Waals surface area contributed by atoms with E-state index in [9.17, 15) is 0 Å². The zero-order chi connectivity index (χ0) is 14.4. The van der Waals surface area contributed by atoms with Gasteiger partial charge in [0.15, 0.2) is 5.79 Å². The Morgan fingerprint density at radius 1 is 0.684 bits per heavy atom. The highest BCUT2D eigenvalue weighted by atomic mass is 16.7. The number of unbranched alkanes of at least 4 members (excludes halogenated alkanes) is 6. The number of hydrogen-bond acceptors (Lipinski definition) is 2. The summed E-state index contributed by atoms with van der Waals surface area (Å²) in [7, 11) is 0. The predicted octanol–water partition coefficient (Wildman–Crippen LogP) is 5.70. The lowest BCUT2D eigenvalue weighted by molar-refractivity contribution is -0.241. The number of ether oxygens (including phenoxy) is 2. The zero-order valence-corrected chi connectivity index (χ0v) is 13.8. The summed E-state index contributed by atoms with van der Waals surface area (Å²) in [6, 6.07) is 0. The van der Waals surface area contributed by atoms with Gasteiger partial charge in [0.2, 0.25) is 0 Å². The second kappa shape index (κ2) is 12.9. The van der Waals surface area contributed by atoms with Crippen LogP contribution in [0, 0.1) is 0 Å². The summed E-state index contributed by atoms with van der Waals surface area (Å²) in [5, 5.41) is 0. The van der Waals surface area contributed by atoms with Gasteiger partial charge in [0, 0.05) is 19.6 Å². The Labute approximate surface area is 121 Å². The molecule has 0 rings (SSSR count). The summed E-state index contributed by atoms with van der Waals surface area (Å²) in [5.74, 6) is -0.311. The van der Waals surface area contributed by atoms with Crippen molar-refractivity contribution in [3.8, 4) is 0 Å². The first-order chi connectivity index (χ1) is 9.24. The third kappa shape index (κ3) is 9.45. The maximum atomic E-state index is 5.99. The van der Waals surface area contributed by atoms with Gasteiger partial charge < -0.3 is 9.47 Å². The summed E-state index contributed by atoms with van der Waals surface area (Å²) >= 11 is 0. The minimum atomic E-state index is -0.311. The quantitative estimate of drug-likeness (QED) is 0.298. The fourth-order valence-corrected chi connectivity index (χ4v) is 2.47. The monoisotopic (exact) mass is 272 g/mol. The van der Waals surface area contributed by atoms with Gasteiger partial charge in [-0.15, -0.1) is 0 Å². The Balaban J connectivity index is 3.84. The van der Waals surface area contributed by atoms with Crippen molar-refractivity contribution < 1.29 is 9.47 Å². The Bertz CT molecular complexity index is 182. The average molecular weight is 272 g/mol. The molecule has 0 aromatic heterocycles. The molecule has 0 aromatic carbocycles. The molecule has 0 aromatic rings. The average Bonchev–Trinajstić information content (AvgIpc) is 2.43. The first-order valence-corrected chi connectivity index (χ1v) is 8.52. The van der Waals surface area contributed by atoms with E-state index in [4.69, 9.17) is 9.47 Å². The Kier molecular flexibility index (Phi) is 12.9. The molecule has 0 amide bonds. The van der Waals surface area contributed by atoms with Crippen LogP contribution in [-0.4, -0.2) is 19.0 Å². The van der Waals surface area contributed by atoms with Gasteiger partial charge in [-0.1, -0.05) is 59.3 Å². The molecule has 0 N–H and O–H groups in total. The van der Waals surface area contributed by atoms with Gasteiger partial charge >= 0.3 is 0 Å². The molecule has 19 heavy (non-hydrogen) atoms. The van der Waals surface area contributed by atoms with E-state index in [0.717, 1.165) is 32.5 Å². The highest BCUT2D eigenvalue weighted by Gasteiger charge is 2.28. The molecule has 1 atom stereocenters. The second-order valence-corrected chi connectivity index (χ2v) is 5.42. The fourth-order valence-electron chi connectivity index (χ4n) is 2.47. The fraction of sp³-hybridized carbons (Fsp3) is 1.00. The van der Waals surface area contributed by atoms with Gasteiger partial charge in [-0.25, -0.2) is 0 Å². The van der Waals surface area contributed by atoms with Crippen molar-refractivity contribution in [3.05, 3.63) is 0 Å². The standard InChI is InChI=1S/C17H36O2/c1-5-9-10-11-12-13-14-15-17(7-3,18-8-4)19-16-6-2/h5-16H2,1-4H3. The van der Waals surface area contributed by atoms with Gasteiger partial charge in [0.1, 0.15) is 0 Å². The van der Waals surface area contributed by atoms with Crippen molar-refractivity contribution in [2.75, 3.05) is 13.2 Å². The van der Waals surface area contributed by atoms with Crippen molar-refractivity contribution in [2.24, 2.45) is 0 Å². The van der Waals surface area contributed by atoms with Crippen molar-refractivity contribution in [3.63, 3.8) is 0 Å². The van der Waals surface area contributed by atoms with Crippen LogP contribution in [0.2, 0.25) is 0 Å². The van der Waals surface area contributed by atoms with Crippen LogP contribution in [0.4, 0.5) is 0 Å². The molecular weight excluding hydrogens is 236 g/mol. The van der Waals surface area contributed by atoms with Crippen molar-refractivity contribution in [1.29, 1.82) is 0 Å². The maximum absolute atomic E-state index is 5.99. The molecule has 2 heteroatoms. The van der Waals surface area contributed by atoms with Crippen LogP contribution in [0.3, 0.4) is 0 Å². The largest absolute Gasteiger partial charge is 0.350 e. The van der Waals surface area contributed by atoms with E-state index in [1.165, 1.54) is 44.9 Å². The lowest BCUT2D eigenvalue weighted by Crippen LogP contribution is -2.35. The SMILES string of the molecule is CCCCCCCCCC(CC)(OCC)OCCC. The summed E-state index contributed by atoms with van der Waals surface area (Å²) in [5.41, 5.74) is 0. The molecule has 0 saturated heterocycles. The van der Waals surface area contributed by atoms with E-state index in [1.807, 2.05) is 0 Å². The molecule has 0 saturated carbocycles.